The number of hydrogen-bond acceptors (Lipinski definition) is 4. The average molecular weight is 414 g/mol. The largest absolute Gasteiger partial charge is 0.497 e. The Kier molecular flexibility index (Phi) is 5.71. The third-order valence-electron chi connectivity index (χ3n) is 5.09. The van der Waals surface area contributed by atoms with Gasteiger partial charge in [0.25, 0.3) is 11.5 Å². The van der Waals surface area contributed by atoms with Crippen molar-refractivity contribution < 1.29 is 14.3 Å². The van der Waals surface area contributed by atoms with Gasteiger partial charge >= 0.3 is 0 Å². The van der Waals surface area contributed by atoms with E-state index in [2.05, 4.69) is 4.98 Å². The Bertz CT molecular complexity index is 1280. The number of methoxy groups -OCH3 is 2. The summed E-state index contributed by atoms with van der Waals surface area (Å²) in [6.45, 7) is 0.101. The van der Waals surface area contributed by atoms with Crippen LogP contribution in [0.1, 0.15) is 15.9 Å². The molecule has 6 heteroatoms. The van der Waals surface area contributed by atoms with Gasteiger partial charge in [-0.1, -0.05) is 24.3 Å². The zero-order valence-corrected chi connectivity index (χ0v) is 17.3. The second kappa shape index (κ2) is 8.75. The number of aromatic amines is 1. The Balaban J connectivity index is 1.79. The van der Waals surface area contributed by atoms with Crippen LogP contribution in [0, 0.1) is 0 Å². The Morgan fingerprint density at radius 2 is 1.61 bits per heavy atom. The van der Waals surface area contributed by atoms with E-state index in [1.165, 1.54) is 0 Å². The minimum Gasteiger partial charge on any atom is -0.497 e. The molecule has 0 aliphatic rings. The molecule has 4 aromatic rings. The van der Waals surface area contributed by atoms with E-state index in [-0.39, 0.29) is 18.0 Å². The number of anilines is 1. The minimum absolute atomic E-state index is 0.101. The van der Waals surface area contributed by atoms with Crippen molar-refractivity contribution in [3.8, 4) is 11.5 Å². The fourth-order valence-electron chi connectivity index (χ4n) is 3.44. The molecule has 0 spiro atoms. The van der Waals surface area contributed by atoms with Crippen LogP contribution >= 0.6 is 0 Å². The van der Waals surface area contributed by atoms with Crippen LogP contribution in [0.2, 0.25) is 0 Å². The molecule has 1 aromatic heterocycles. The highest BCUT2D eigenvalue weighted by molar-refractivity contribution is 6.06. The summed E-state index contributed by atoms with van der Waals surface area (Å²) in [5.41, 5.74) is 2.10. The standard InChI is InChI=1S/C25H22N2O4/c1-30-21-10-6-9-20(15-21)27(25(29)17-7-4-3-5-8-17)16-19-13-18-14-22(31-2)11-12-23(18)26-24(19)28/h3-15H,16H2,1-2H3,(H,26,28). The van der Waals surface area contributed by atoms with Gasteiger partial charge in [0.15, 0.2) is 0 Å². The van der Waals surface area contributed by atoms with Crippen LogP contribution in [0.15, 0.2) is 83.7 Å². The first-order chi connectivity index (χ1) is 15.1. The number of rotatable bonds is 6. The van der Waals surface area contributed by atoms with Gasteiger partial charge in [0.05, 0.1) is 20.8 Å². The van der Waals surface area contributed by atoms with Gasteiger partial charge in [-0.25, -0.2) is 0 Å². The van der Waals surface area contributed by atoms with Crippen molar-refractivity contribution in [2.45, 2.75) is 6.54 Å². The first kappa shape index (κ1) is 20.2. The smallest absolute Gasteiger partial charge is 0.258 e. The lowest BCUT2D eigenvalue weighted by Crippen LogP contribution is -2.32. The predicted molar refractivity (Wildman–Crippen MR) is 121 cm³/mol. The Morgan fingerprint density at radius 3 is 2.35 bits per heavy atom. The molecule has 3 aromatic carbocycles. The molecular weight excluding hydrogens is 392 g/mol. The summed E-state index contributed by atoms with van der Waals surface area (Å²) in [6.07, 6.45) is 0. The molecule has 1 heterocycles. The molecule has 0 fully saturated rings. The van der Waals surface area contributed by atoms with Crippen LogP contribution in [0.5, 0.6) is 11.5 Å². The summed E-state index contributed by atoms with van der Waals surface area (Å²) < 4.78 is 10.6. The lowest BCUT2D eigenvalue weighted by atomic mass is 10.1. The van der Waals surface area contributed by atoms with Gasteiger partial charge in [0.2, 0.25) is 0 Å². The van der Waals surface area contributed by atoms with Crippen LogP contribution in [0.25, 0.3) is 10.9 Å². The highest BCUT2D eigenvalue weighted by Crippen LogP contribution is 2.25. The quantitative estimate of drug-likeness (QED) is 0.508. The van der Waals surface area contributed by atoms with E-state index >= 15 is 0 Å². The normalized spacial score (nSPS) is 10.6. The minimum atomic E-state index is -0.244. The zero-order valence-electron chi connectivity index (χ0n) is 17.3. The van der Waals surface area contributed by atoms with Gasteiger partial charge in [0.1, 0.15) is 11.5 Å². The number of nitrogens with one attached hydrogen (secondary N) is 1. The summed E-state index contributed by atoms with van der Waals surface area (Å²) in [5.74, 6) is 1.11. The topological polar surface area (TPSA) is 71.6 Å². The third kappa shape index (κ3) is 4.28. The second-order valence-electron chi connectivity index (χ2n) is 7.04. The first-order valence-electron chi connectivity index (χ1n) is 9.80. The maximum absolute atomic E-state index is 13.4. The van der Waals surface area contributed by atoms with Crippen LogP contribution in [-0.4, -0.2) is 25.1 Å². The molecule has 0 saturated carbocycles. The molecule has 1 N–H and O–H groups in total. The Hall–Kier alpha value is -4.06. The number of carbonyl (C=O) groups excluding carboxylic acids is 1. The summed E-state index contributed by atoms with van der Waals surface area (Å²) in [7, 11) is 3.17. The van der Waals surface area contributed by atoms with Crippen molar-refractivity contribution in [2.24, 2.45) is 0 Å². The van der Waals surface area contributed by atoms with Crippen molar-refractivity contribution in [1.29, 1.82) is 0 Å². The van der Waals surface area contributed by atoms with Crippen LogP contribution in [0.3, 0.4) is 0 Å². The van der Waals surface area contributed by atoms with E-state index in [0.717, 1.165) is 5.39 Å². The fourth-order valence-corrected chi connectivity index (χ4v) is 3.44. The first-order valence-corrected chi connectivity index (χ1v) is 9.80. The number of H-pyrrole nitrogens is 1. The molecule has 156 valence electrons. The second-order valence-corrected chi connectivity index (χ2v) is 7.04. The van der Waals surface area contributed by atoms with Crippen molar-refractivity contribution in [3.63, 3.8) is 0 Å². The third-order valence-corrected chi connectivity index (χ3v) is 5.09. The lowest BCUT2D eigenvalue weighted by Gasteiger charge is -2.23. The van der Waals surface area contributed by atoms with Gasteiger partial charge < -0.3 is 19.4 Å². The summed E-state index contributed by atoms with van der Waals surface area (Å²) >= 11 is 0. The number of ether oxygens (including phenoxy) is 2. The number of carbonyl (C=O) groups is 1. The molecule has 4 rings (SSSR count). The van der Waals surface area contributed by atoms with E-state index in [4.69, 9.17) is 9.47 Å². The molecule has 0 radical (unpaired) electrons. The molecule has 0 aliphatic carbocycles. The number of pyridine rings is 1. The van der Waals surface area contributed by atoms with Crippen molar-refractivity contribution in [1.82, 2.24) is 4.98 Å². The van der Waals surface area contributed by atoms with Gasteiger partial charge in [-0.05, 0) is 48.5 Å². The molecule has 0 aliphatic heterocycles. The highest BCUT2D eigenvalue weighted by Gasteiger charge is 2.20. The number of hydrogen-bond donors (Lipinski definition) is 1. The average Bonchev–Trinajstić information content (AvgIpc) is 2.82. The number of amides is 1. The fraction of sp³-hybridized carbons (Fsp3) is 0.120. The number of aromatic nitrogens is 1. The maximum atomic E-state index is 13.4. The van der Waals surface area contributed by atoms with E-state index in [9.17, 15) is 9.59 Å². The van der Waals surface area contributed by atoms with E-state index in [1.807, 2.05) is 42.5 Å². The summed E-state index contributed by atoms with van der Waals surface area (Å²) in [4.78, 5) is 30.6. The monoisotopic (exact) mass is 414 g/mol. The maximum Gasteiger partial charge on any atom is 0.258 e. The van der Waals surface area contributed by atoms with Gasteiger partial charge in [0, 0.05) is 33.8 Å². The molecule has 1 amide bonds. The zero-order chi connectivity index (χ0) is 21.8. The molecule has 0 atom stereocenters. The Morgan fingerprint density at radius 1 is 0.871 bits per heavy atom. The lowest BCUT2D eigenvalue weighted by molar-refractivity contribution is 0.0985. The number of benzene rings is 3. The molecule has 0 saturated heterocycles. The van der Waals surface area contributed by atoms with E-state index < -0.39 is 0 Å². The van der Waals surface area contributed by atoms with Crippen molar-refractivity contribution in [3.05, 3.63) is 100 Å². The number of fused-ring (bicyclic) bond motifs is 1. The Labute approximate surface area is 179 Å². The van der Waals surface area contributed by atoms with E-state index in [1.54, 1.807) is 55.5 Å². The van der Waals surface area contributed by atoms with E-state index in [0.29, 0.717) is 33.8 Å². The molecule has 0 unspecified atom stereocenters. The van der Waals surface area contributed by atoms with Gasteiger partial charge in [-0.3, -0.25) is 9.59 Å². The molecule has 31 heavy (non-hydrogen) atoms. The van der Waals surface area contributed by atoms with Gasteiger partial charge in [-0.2, -0.15) is 0 Å². The summed E-state index contributed by atoms with van der Waals surface area (Å²) in [5, 5.41) is 0.826. The highest BCUT2D eigenvalue weighted by atomic mass is 16.5. The predicted octanol–water partition coefficient (Wildman–Crippen LogP) is 4.39. The number of nitrogens with zero attached hydrogens (tertiary/aromatic N) is 1. The molecular formula is C25H22N2O4. The van der Waals surface area contributed by atoms with Crippen LogP contribution < -0.4 is 19.9 Å². The van der Waals surface area contributed by atoms with Crippen LogP contribution in [0.4, 0.5) is 5.69 Å². The van der Waals surface area contributed by atoms with Crippen molar-refractivity contribution in [2.75, 3.05) is 19.1 Å². The van der Waals surface area contributed by atoms with Crippen molar-refractivity contribution >= 4 is 22.5 Å². The molecule has 0 bridgehead atoms. The van der Waals surface area contributed by atoms with Gasteiger partial charge in [-0.15, -0.1) is 0 Å². The van der Waals surface area contributed by atoms with Crippen LogP contribution in [-0.2, 0) is 6.54 Å². The SMILES string of the molecule is COc1cccc(N(Cc2cc3cc(OC)ccc3[nH]c2=O)C(=O)c2ccccc2)c1. The molecule has 6 nitrogen and oxygen atoms in total. The summed E-state index contributed by atoms with van der Waals surface area (Å²) in [6, 6.07) is 23.4.